The first kappa shape index (κ1) is 9.56. The third-order valence-corrected chi connectivity index (χ3v) is 2.44. The molecule has 1 heterocycles. The average Bonchev–Trinajstić information content (AvgIpc) is 2.07. The maximum atomic E-state index is 11.2. The molecule has 0 amide bonds. The first-order valence-electron chi connectivity index (χ1n) is 4.90. The maximum absolute atomic E-state index is 11.2. The number of hydrogen-bond donors (Lipinski definition) is 0. The highest BCUT2D eigenvalue weighted by atomic mass is 16.5. The van der Waals surface area contributed by atoms with Crippen molar-refractivity contribution in [2.75, 3.05) is 6.61 Å². The Hall–Kier alpha value is -0.530. The van der Waals surface area contributed by atoms with Gasteiger partial charge in [0.2, 0.25) is 0 Å². The van der Waals surface area contributed by atoms with Crippen LogP contribution in [0.15, 0.2) is 0 Å². The predicted octanol–water partition coefficient (Wildman–Crippen LogP) is 2.38. The topological polar surface area (TPSA) is 26.3 Å². The van der Waals surface area contributed by atoms with Crippen LogP contribution in [0.4, 0.5) is 0 Å². The fourth-order valence-corrected chi connectivity index (χ4v) is 1.68. The molecule has 12 heavy (non-hydrogen) atoms. The summed E-state index contributed by atoms with van der Waals surface area (Å²) in [4.78, 5) is 11.2. The van der Waals surface area contributed by atoms with Crippen molar-refractivity contribution in [3.63, 3.8) is 0 Å². The SMILES string of the molecule is CCCC[C@@H]1C[C@@H](C)COC1=O. The summed E-state index contributed by atoms with van der Waals surface area (Å²) in [5, 5.41) is 0. The number of ether oxygens (including phenoxy) is 1. The number of hydrogen-bond acceptors (Lipinski definition) is 2. The van der Waals surface area contributed by atoms with Crippen LogP contribution in [-0.4, -0.2) is 12.6 Å². The molecule has 2 heteroatoms. The van der Waals surface area contributed by atoms with Gasteiger partial charge in [0.25, 0.3) is 0 Å². The number of carbonyl (C=O) groups excluding carboxylic acids is 1. The molecule has 0 unspecified atom stereocenters. The molecule has 70 valence electrons. The van der Waals surface area contributed by atoms with Crippen LogP contribution in [0, 0.1) is 11.8 Å². The summed E-state index contributed by atoms with van der Waals surface area (Å²) in [6.45, 7) is 4.92. The summed E-state index contributed by atoms with van der Waals surface area (Å²) in [5.74, 6) is 0.778. The van der Waals surface area contributed by atoms with Crippen LogP contribution >= 0.6 is 0 Å². The van der Waals surface area contributed by atoms with Gasteiger partial charge >= 0.3 is 5.97 Å². The van der Waals surface area contributed by atoms with E-state index in [1.54, 1.807) is 0 Å². The number of unbranched alkanes of at least 4 members (excludes halogenated alkanes) is 1. The van der Waals surface area contributed by atoms with E-state index in [1.165, 1.54) is 0 Å². The van der Waals surface area contributed by atoms with Crippen LogP contribution in [0.1, 0.15) is 39.5 Å². The van der Waals surface area contributed by atoms with Crippen molar-refractivity contribution < 1.29 is 9.53 Å². The van der Waals surface area contributed by atoms with E-state index in [1.807, 2.05) is 0 Å². The third kappa shape index (κ3) is 2.50. The molecule has 1 aliphatic heterocycles. The van der Waals surface area contributed by atoms with Crippen LogP contribution < -0.4 is 0 Å². The molecule has 0 aromatic heterocycles. The van der Waals surface area contributed by atoms with E-state index in [2.05, 4.69) is 13.8 Å². The van der Waals surface area contributed by atoms with E-state index >= 15 is 0 Å². The highest BCUT2D eigenvalue weighted by Crippen LogP contribution is 2.24. The summed E-state index contributed by atoms with van der Waals surface area (Å²) < 4.78 is 5.06. The Labute approximate surface area is 74.3 Å². The first-order chi connectivity index (χ1) is 5.74. The van der Waals surface area contributed by atoms with Gasteiger partial charge in [-0.2, -0.15) is 0 Å². The monoisotopic (exact) mass is 170 g/mol. The Kier molecular flexibility index (Phi) is 3.57. The van der Waals surface area contributed by atoms with Crippen molar-refractivity contribution in [1.29, 1.82) is 0 Å². The fraction of sp³-hybridized carbons (Fsp3) is 0.900. The van der Waals surface area contributed by atoms with Crippen molar-refractivity contribution >= 4 is 5.97 Å². The second-order valence-corrected chi connectivity index (χ2v) is 3.81. The molecular formula is C10H18O2. The molecule has 0 spiro atoms. The van der Waals surface area contributed by atoms with Crippen molar-refractivity contribution in [2.24, 2.45) is 11.8 Å². The molecular weight excluding hydrogens is 152 g/mol. The van der Waals surface area contributed by atoms with E-state index < -0.39 is 0 Å². The van der Waals surface area contributed by atoms with Gasteiger partial charge in [-0.1, -0.05) is 26.7 Å². The number of esters is 1. The van der Waals surface area contributed by atoms with E-state index in [0.717, 1.165) is 25.7 Å². The molecule has 0 bridgehead atoms. The van der Waals surface area contributed by atoms with Gasteiger partial charge in [0.05, 0.1) is 12.5 Å². The fourth-order valence-electron chi connectivity index (χ4n) is 1.68. The van der Waals surface area contributed by atoms with Crippen molar-refractivity contribution in [3.05, 3.63) is 0 Å². The average molecular weight is 170 g/mol. The molecule has 0 aromatic carbocycles. The first-order valence-corrected chi connectivity index (χ1v) is 4.90. The van der Waals surface area contributed by atoms with Crippen LogP contribution in [0.2, 0.25) is 0 Å². The lowest BCUT2D eigenvalue weighted by Gasteiger charge is -2.25. The lowest BCUT2D eigenvalue weighted by atomic mass is 9.90. The molecule has 2 atom stereocenters. The molecule has 1 fully saturated rings. The Bertz CT molecular complexity index is 154. The van der Waals surface area contributed by atoms with Gasteiger partial charge in [-0.3, -0.25) is 4.79 Å². The molecule has 0 saturated carbocycles. The molecule has 0 aliphatic carbocycles. The number of rotatable bonds is 3. The second kappa shape index (κ2) is 4.48. The van der Waals surface area contributed by atoms with E-state index in [4.69, 9.17) is 4.74 Å². The van der Waals surface area contributed by atoms with Crippen molar-refractivity contribution in [1.82, 2.24) is 0 Å². The van der Waals surface area contributed by atoms with Crippen LogP contribution in [0.25, 0.3) is 0 Å². The van der Waals surface area contributed by atoms with Crippen molar-refractivity contribution in [2.45, 2.75) is 39.5 Å². The lowest BCUT2D eigenvalue weighted by molar-refractivity contribution is -0.156. The quantitative estimate of drug-likeness (QED) is 0.608. The molecule has 2 nitrogen and oxygen atoms in total. The zero-order chi connectivity index (χ0) is 8.97. The Morgan fingerprint density at radius 3 is 3.00 bits per heavy atom. The summed E-state index contributed by atoms with van der Waals surface area (Å²) in [5.41, 5.74) is 0. The zero-order valence-corrected chi connectivity index (χ0v) is 8.01. The Morgan fingerprint density at radius 1 is 1.58 bits per heavy atom. The minimum Gasteiger partial charge on any atom is -0.465 e. The summed E-state index contributed by atoms with van der Waals surface area (Å²) in [6, 6.07) is 0. The summed E-state index contributed by atoms with van der Waals surface area (Å²) in [6.07, 6.45) is 4.35. The minimum absolute atomic E-state index is 0.0292. The Morgan fingerprint density at radius 2 is 2.33 bits per heavy atom. The van der Waals surface area contributed by atoms with E-state index in [9.17, 15) is 4.79 Å². The van der Waals surface area contributed by atoms with Crippen LogP contribution in [0.5, 0.6) is 0 Å². The largest absolute Gasteiger partial charge is 0.465 e. The standard InChI is InChI=1S/C10H18O2/c1-3-4-5-9-6-8(2)7-12-10(9)11/h8-9H,3-7H2,1-2H3/t8-,9-/m1/s1. The maximum Gasteiger partial charge on any atom is 0.308 e. The highest BCUT2D eigenvalue weighted by Gasteiger charge is 2.27. The molecule has 1 aliphatic rings. The third-order valence-electron chi connectivity index (χ3n) is 2.44. The normalized spacial score (nSPS) is 30.0. The van der Waals surface area contributed by atoms with Gasteiger partial charge in [0, 0.05) is 0 Å². The molecule has 1 rings (SSSR count). The number of carbonyl (C=O) groups is 1. The predicted molar refractivity (Wildman–Crippen MR) is 47.8 cm³/mol. The highest BCUT2D eigenvalue weighted by molar-refractivity contribution is 5.73. The van der Waals surface area contributed by atoms with Gasteiger partial charge < -0.3 is 4.74 Å². The van der Waals surface area contributed by atoms with Crippen molar-refractivity contribution in [3.8, 4) is 0 Å². The molecule has 1 saturated heterocycles. The lowest BCUT2D eigenvalue weighted by Crippen LogP contribution is -2.29. The Balaban J connectivity index is 2.33. The van der Waals surface area contributed by atoms with Gasteiger partial charge in [-0.15, -0.1) is 0 Å². The minimum atomic E-state index is 0.0292. The van der Waals surface area contributed by atoms with Crippen LogP contribution in [0.3, 0.4) is 0 Å². The summed E-state index contributed by atoms with van der Waals surface area (Å²) in [7, 11) is 0. The van der Waals surface area contributed by atoms with Gasteiger partial charge in [-0.05, 0) is 18.8 Å². The molecule has 0 N–H and O–H groups in total. The smallest absolute Gasteiger partial charge is 0.308 e. The van der Waals surface area contributed by atoms with Gasteiger partial charge in [-0.25, -0.2) is 0 Å². The van der Waals surface area contributed by atoms with Crippen LogP contribution in [-0.2, 0) is 9.53 Å². The number of cyclic esters (lactones) is 1. The van der Waals surface area contributed by atoms with E-state index in [-0.39, 0.29) is 11.9 Å². The summed E-state index contributed by atoms with van der Waals surface area (Å²) >= 11 is 0. The second-order valence-electron chi connectivity index (χ2n) is 3.81. The zero-order valence-electron chi connectivity index (χ0n) is 8.01. The molecule has 0 radical (unpaired) electrons. The van der Waals surface area contributed by atoms with E-state index in [0.29, 0.717) is 12.5 Å². The van der Waals surface area contributed by atoms with Gasteiger partial charge in [0.15, 0.2) is 0 Å². The van der Waals surface area contributed by atoms with Gasteiger partial charge in [0.1, 0.15) is 0 Å². The molecule has 0 aromatic rings.